The summed E-state index contributed by atoms with van der Waals surface area (Å²) in [7, 11) is 3.62. The summed E-state index contributed by atoms with van der Waals surface area (Å²) < 4.78 is 11.7. The molecule has 3 heteroatoms. The van der Waals surface area contributed by atoms with Crippen molar-refractivity contribution in [1.29, 1.82) is 0 Å². The van der Waals surface area contributed by atoms with Crippen molar-refractivity contribution in [2.45, 2.75) is 45.1 Å². The van der Waals surface area contributed by atoms with Crippen LogP contribution in [0.25, 0.3) is 0 Å². The molecule has 1 N–H and O–H groups in total. The molecule has 4 rings (SSSR count). The molecule has 4 aliphatic rings. The van der Waals surface area contributed by atoms with Crippen LogP contribution in [0.15, 0.2) is 57.5 Å². The third kappa shape index (κ3) is 2.37. The van der Waals surface area contributed by atoms with E-state index in [2.05, 4.69) is 30.5 Å². The fourth-order valence-electron chi connectivity index (χ4n) is 4.67. The van der Waals surface area contributed by atoms with Gasteiger partial charge in [-0.15, -0.1) is 0 Å². The third-order valence-electron chi connectivity index (χ3n) is 5.93. The van der Waals surface area contributed by atoms with Gasteiger partial charge in [-0.05, 0) is 53.9 Å². The minimum atomic E-state index is 0.172. The van der Waals surface area contributed by atoms with E-state index in [1.165, 1.54) is 46.3 Å². The number of methoxy groups -OCH3 is 2. The summed E-state index contributed by atoms with van der Waals surface area (Å²) in [4.78, 5) is 0. The molecular weight excluding hydrogens is 298 g/mol. The number of hydrogen-bond donors (Lipinski definition) is 1. The van der Waals surface area contributed by atoms with Gasteiger partial charge in [0.2, 0.25) is 0 Å². The molecule has 0 spiro atoms. The predicted molar refractivity (Wildman–Crippen MR) is 96.4 cm³/mol. The molecule has 0 amide bonds. The molecule has 0 radical (unpaired) electrons. The molecular formula is C21H27NO2. The molecule has 0 saturated heterocycles. The van der Waals surface area contributed by atoms with Gasteiger partial charge in [0.15, 0.2) is 5.88 Å². The minimum absolute atomic E-state index is 0.172. The van der Waals surface area contributed by atoms with Crippen LogP contribution in [0.5, 0.6) is 0 Å². The fourth-order valence-corrected chi connectivity index (χ4v) is 4.67. The third-order valence-corrected chi connectivity index (χ3v) is 5.93. The van der Waals surface area contributed by atoms with Gasteiger partial charge in [0.1, 0.15) is 0 Å². The van der Waals surface area contributed by atoms with Gasteiger partial charge in [0.05, 0.1) is 13.2 Å². The van der Waals surface area contributed by atoms with Crippen molar-refractivity contribution in [3.05, 3.63) is 57.5 Å². The topological polar surface area (TPSA) is 30.5 Å². The smallest absolute Gasteiger partial charge is 0.195 e. The van der Waals surface area contributed by atoms with Gasteiger partial charge in [-0.1, -0.05) is 37.1 Å². The van der Waals surface area contributed by atoms with Crippen molar-refractivity contribution in [2.24, 2.45) is 5.92 Å². The summed E-state index contributed by atoms with van der Waals surface area (Å²) in [6.45, 7) is 3.17. The van der Waals surface area contributed by atoms with E-state index in [4.69, 9.17) is 9.47 Å². The maximum Gasteiger partial charge on any atom is 0.195 e. The van der Waals surface area contributed by atoms with E-state index in [-0.39, 0.29) is 6.10 Å². The highest BCUT2D eigenvalue weighted by Crippen LogP contribution is 2.47. The fraction of sp³-hybridized carbons (Fsp3) is 0.524. The number of hydrogen-bond acceptors (Lipinski definition) is 3. The van der Waals surface area contributed by atoms with Gasteiger partial charge >= 0.3 is 0 Å². The molecule has 1 heterocycles. The van der Waals surface area contributed by atoms with Gasteiger partial charge in [0.25, 0.3) is 0 Å². The summed E-state index contributed by atoms with van der Waals surface area (Å²) in [6, 6.07) is 0. The van der Waals surface area contributed by atoms with Crippen LogP contribution in [0.2, 0.25) is 0 Å². The monoisotopic (exact) mass is 325 g/mol. The first kappa shape index (κ1) is 15.8. The average molecular weight is 325 g/mol. The molecule has 0 saturated carbocycles. The van der Waals surface area contributed by atoms with Crippen LogP contribution in [0, 0.1) is 5.92 Å². The second-order valence-electron chi connectivity index (χ2n) is 7.17. The Kier molecular flexibility index (Phi) is 4.13. The van der Waals surface area contributed by atoms with Gasteiger partial charge in [-0.2, -0.15) is 0 Å². The Labute approximate surface area is 144 Å². The highest BCUT2D eigenvalue weighted by Gasteiger charge is 2.37. The summed E-state index contributed by atoms with van der Waals surface area (Å²) in [6.07, 6.45) is 12.7. The lowest BCUT2D eigenvalue weighted by Gasteiger charge is -2.36. The Morgan fingerprint density at radius 3 is 2.79 bits per heavy atom. The van der Waals surface area contributed by atoms with Crippen LogP contribution < -0.4 is 5.32 Å². The Morgan fingerprint density at radius 1 is 1.17 bits per heavy atom. The molecule has 3 nitrogen and oxygen atoms in total. The van der Waals surface area contributed by atoms with Crippen LogP contribution in [-0.2, 0) is 9.47 Å². The lowest BCUT2D eigenvalue weighted by atomic mass is 9.75. The normalized spacial score (nSPS) is 28.9. The Balaban J connectivity index is 1.92. The van der Waals surface area contributed by atoms with Crippen molar-refractivity contribution in [2.75, 3.05) is 20.8 Å². The van der Waals surface area contributed by atoms with Gasteiger partial charge < -0.3 is 14.8 Å². The van der Waals surface area contributed by atoms with E-state index >= 15 is 0 Å². The highest BCUT2D eigenvalue weighted by atomic mass is 16.5. The molecule has 2 atom stereocenters. The molecule has 0 bridgehead atoms. The van der Waals surface area contributed by atoms with Crippen LogP contribution in [0.1, 0.15) is 39.0 Å². The van der Waals surface area contributed by atoms with Crippen LogP contribution in [0.4, 0.5) is 0 Å². The number of nitrogens with one attached hydrogen (secondary N) is 1. The number of ether oxygens (including phenoxy) is 2. The average Bonchev–Trinajstić information content (AvgIpc) is 2.80. The zero-order valence-corrected chi connectivity index (χ0v) is 14.9. The molecule has 0 aromatic rings. The lowest BCUT2D eigenvalue weighted by molar-refractivity contribution is 0.0991. The van der Waals surface area contributed by atoms with Crippen molar-refractivity contribution < 1.29 is 9.47 Å². The first-order valence-electron chi connectivity index (χ1n) is 9.13. The van der Waals surface area contributed by atoms with Crippen molar-refractivity contribution in [3.63, 3.8) is 0 Å². The van der Waals surface area contributed by atoms with Gasteiger partial charge in [-0.25, -0.2) is 0 Å². The minimum Gasteiger partial charge on any atom is -0.482 e. The first-order valence-corrected chi connectivity index (χ1v) is 9.13. The van der Waals surface area contributed by atoms with Crippen LogP contribution in [-0.4, -0.2) is 26.9 Å². The van der Waals surface area contributed by atoms with E-state index in [1.807, 2.05) is 7.11 Å². The second kappa shape index (κ2) is 6.29. The van der Waals surface area contributed by atoms with Gasteiger partial charge in [-0.3, -0.25) is 0 Å². The quantitative estimate of drug-likeness (QED) is 0.845. The second-order valence-corrected chi connectivity index (χ2v) is 7.17. The summed E-state index contributed by atoms with van der Waals surface area (Å²) >= 11 is 0. The van der Waals surface area contributed by atoms with E-state index in [0.29, 0.717) is 0 Å². The molecule has 0 fully saturated rings. The molecule has 24 heavy (non-hydrogen) atoms. The zero-order valence-electron chi connectivity index (χ0n) is 14.9. The SMILES string of the molecule is CCC1CC2=C(C3=C(OC)NCC4=C3C(=CC2)C=CC4)C(OC)C1. The number of rotatable bonds is 3. The predicted octanol–water partition coefficient (Wildman–Crippen LogP) is 4.17. The summed E-state index contributed by atoms with van der Waals surface area (Å²) in [5.74, 6) is 1.64. The van der Waals surface area contributed by atoms with Crippen LogP contribution >= 0.6 is 0 Å². The Hall–Kier alpha value is -1.74. The van der Waals surface area contributed by atoms with E-state index in [0.717, 1.165) is 37.6 Å². The van der Waals surface area contributed by atoms with E-state index in [1.54, 1.807) is 7.11 Å². The standard InChI is InChI=1S/C21H27NO2/c1-4-13-10-15-9-8-14-6-5-7-16-12-22-21(24-3)20(18(14)16)19(15)17(11-13)23-2/h5-6,8,13,17,22H,4,7,9-12H2,1-3H3. The van der Waals surface area contributed by atoms with E-state index in [9.17, 15) is 0 Å². The Bertz CT molecular complexity index is 705. The van der Waals surface area contributed by atoms with E-state index < -0.39 is 0 Å². The highest BCUT2D eigenvalue weighted by molar-refractivity contribution is 5.68. The molecule has 0 aromatic carbocycles. The molecule has 0 aromatic heterocycles. The van der Waals surface area contributed by atoms with Crippen molar-refractivity contribution in [3.8, 4) is 0 Å². The zero-order chi connectivity index (χ0) is 16.7. The van der Waals surface area contributed by atoms with Gasteiger partial charge in [0, 0.05) is 19.2 Å². The molecule has 3 aliphatic carbocycles. The number of allylic oxidation sites excluding steroid dienone is 6. The molecule has 1 aliphatic heterocycles. The summed E-state index contributed by atoms with van der Waals surface area (Å²) in [5, 5.41) is 3.50. The van der Waals surface area contributed by atoms with Crippen molar-refractivity contribution in [1.82, 2.24) is 5.32 Å². The lowest BCUT2D eigenvalue weighted by Crippen LogP contribution is -2.32. The number of dihydropyridines is 1. The Morgan fingerprint density at radius 2 is 2.04 bits per heavy atom. The number of fused-ring (bicyclic) bond motifs is 1. The maximum absolute atomic E-state index is 5.97. The maximum atomic E-state index is 5.97. The molecule has 128 valence electrons. The van der Waals surface area contributed by atoms with Crippen LogP contribution in [0.3, 0.4) is 0 Å². The molecule has 2 unspecified atom stereocenters. The van der Waals surface area contributed by atoms with Crippen molar-refractivity contribution >= 4 is 0 Å². The summed E-state index contributed by atoms with van der Waals surface area (Å²) in [5.41, 5.74) is 8.43. The first-order chi connectivity index (χ1) is 11.8. The largest absolute Gasteiger partial charge is 0.482 e.